The number of hydrogen-bond acceptors (Lipinski definition) is 3. The van der Waals surface area contributed by atoms with Crippen LogP contribution in [0, 0.1) is 0 Å². The number of aliphatic imine (C=N–C) groups is 1. The maximum atomic E-state index is 12.5. The largest absolute Gasteiger partial charge is 0.331 e. The van der Waals surface area contributed by atoms with Crippen LogP contribution < -0.4 is 5.69 Å². The molecule has 23 heavy (non-hydrogen) atoms. The number of aromatic amines is 1. The van der Waals surface area contributed by atoms with Gasteiger partial charge in [-0.05, 0) is 23.6 Å². The minimum atomic E-state index is -0.137. The van der Waals surface area contributed by atoms with Crippen LogP contribution in [0.4, 0.5) is 5.69 Å². The van der Waals surface area contributed by atoms with Gasteiger partial charge >= 0.3 is 5.69 Å². The van der Waals surface area contributed by atoms with Gasteiger partial charge in [0.2, 0.25) is 0 Å². The molecule has 5 heteroatoms. The molecule has 0 bridgehead atoms. The maximum Gasteiger partial charge on any atom is 0.331 e. The van der Waals surface area contributed by atoms with Crippen molar-refractivity contribution in [1.82, 2.24) is 9.55 Å². The van der Waals surface area contributed by atoms with E-state index in [1.807, 2.05) is 54.1 Å². The second-order valence-electron chi connectivity index (χ2n) is 5.42. The van der Waals surface area contributed by atoms with E-state index < -0.39 is 0 Å². The lowest BCUT2D eigenvalue weighted by Gasteiger charge is -2.09. The van der Waals surface area contributed by atoms with Crippen molar-refractivity contribution < 1.29 is 0 Å². The Morgan fingerprint density at radius 1 is 1.04 bits per heavy atom. The zero-order valence-electron chi connectivity index (χ0n) is 12.0. The van der Waals surface area contributed by atoms with Gasteiger partial charge in [-0.2, -0.15) is 0 Å². The Morgan fingerprint density at radius 2 is 1.96 bits per heavy atom. The van der Waals surface area contributed by atoms with Gasteiger partial charge in [0.25, 0.3) is 0 Å². The van der Waals surface area contributed by atoms with E-state index in [0.717, 1.165) is 38.4 Å². The fourth-order valence-corrected chi connectivity index (χ4v) is 3.88. The molecule has 1 aliphatic heterocycles. The third-order valence-electron chi connectivity index (χ3n) is 4.11. The average molecular weight is 317 g/mol. The Hall–Kier alpha value is -2.92. The number of nitrogens with zero attached hydrogens (tertiary/aromatic N) is 2. The number of benzene rings is 2. The fraction of sp³-hybridized carbons (Fsp3) is 0. The molecule has 0 radical (unpaired) electrons. The minimum Gasteiger partial charge on any atom is -0.305 e. The summed E-state index contributed by atoms with van der Waals surface area (Å²) in [6.07, 6.45) is 1.84. The van der Waals surface area contributed by atoms with E-state index in [1.165, 1.54) is 0 Å². The van der Waals surface area contributed by atoms with Gasteiger partial charge in [-0.3, -0.25) is 9.56 Å². The molecule has 0 saturated carbocycles. The van der Waals surface area contributed by atoms with E-state index in [1.54, 1.807) is 15.9 Å². The van der Waals surface area contributed by atoms with E-state index in [9.17, 15) is 4.79 Å². The Balaban J connectivity index is 1.94. The molecular formula is C18H11N3OS. The second kappa shape index (κ2) is 4.54. The molecular weight excluding hydrogens is 306 g/mol. The van der Waals surface area contributed by atoms with Crippen LogP contribution in [0.2, 0.25) is 0 Å². The molecule has 0 spiro atoms. The summed E-state index contributed by atoms with van der Waals surface area (Å²) in [5.74, 6) is 0. The topological polar surface area (TPSA) is 50.1 Å². The van der Waals surface area contributed by atoms with Crippen LogP contribution in [-0.2, 0) is 0 Å². The van der Waals surface area contributed by atoms with Crippen molar-refractivity contribution in [1.29, 1.82) is 0 Å². The summed E-state index contributed by atoms with van der Waals surface area (Å²) in [5.41, 5.74) is 5.19. The lowest BCUT2D eigenvalue weighted by Crippen LogP contribution is -2.14. The highest BCUT2D eigenvalue weighted by molar-refractivity contribution is 7.13. The smallest absolute Gasteiger partial charge is 0.305 e. The third kappa shape index (κ3) is 1.71. The number of hydrogen-bond donors (Lipinski definition) is 1. The van der Waals surface area contributed by atoms with Gasteiger partial charge < -0.3 is 4.98 Å². The number of para-hydroxylation sites is 2. The molecule has 2 aromatic carbocycles. The van der Waals surface area contributed by atoms with Gasteiger partial charge in [0.05, 0.1) is 22.4 Å². The summed E-state index contributed by atoms with van der Waals surface area (Å²) in [6, 6.07) is 15.9. The standard InChI is InChI=1S/C18H11N3OS/c22-18-20-13-6-1-4-11-10-19-16-12(15-8-3-9-23-15)5-2-7-14(16)21(18)17(11)13/h1-10H,(H,20,22). The monoisotopic (exact) mass is 317 g/mol. The van der Waals surface area contributed by atoms with Gasteiger partial charge in [-0.15, -0.1) is 11.3 Å². The molecule has 0 amide bonds. The molecule has 0 saturated heterocycles. The highest BCUT2D eigenvalue weighted by Crippen LogP contribution is 2.39. The number of H-pyrrole nitrogens is 1. The van der Waals surface area contributed by atoms with Crippen LogP contribution in [0.15, 0.2) is 63.7 Å². The van der Waals surface area contributed by atoms with Crippen LogP contribution in [0.5, 0.6) is 0 Å². The molecule has 1 N–H and O–H groups in total. The van der Waals surface area contributed by atoms with Crippen molar-refractivity contribution in [3.8, 4) is 16.1 Å². The molecule has 0 fully saturated rings. The van der Waals surface area contributed by atoms with Crippen LogP contribution in [0.25, 0.3) is 27.2 Å². The lowest BCUT2D eigenvalue weighted by molar-refractivity contribution is 1.02. The first-order valence-corrected chi connectivity index (χ1v) is 8.16. The average Bonchev–Trinajstić information content (AvgIpc) is 3.15. The molecule has 5 rings (SSSR count). The summed E-state index contributed by atoms with van der Waals surface area (Å²) >= 11 is 1.67. The van der Waals surface area contributed by atoms with Gasteiger partial charge in [-0.25, -0.2) is 4.79 Å². The first kappa shape index (κ1) is 12.6. The van der Waals surface area contributed by atoms with Crippen molar-refractivity contribution in [3.05, 3.63) is 70.0 Å². The fourth-order valence-electron chi connectivity index (χ4n) is 3.13. The third-order valence-corrected chi connectivity index (χ3v) is 5.01. The zero-order chi connectivity index (χ0) is 15.4. The first-order chi connectivity index (χ1) is 11.3. The SMILES string of the molecule is O=c1[nH]c2cccc3c2n1-c1cccc(-c2cccs2)c1N=C3. The van der Waals surface area contributed by atoms with Gasteiger partial charge in [-0.1, -0.05) is 30.3 Å². The number of rotatable bonds is 1. The van der Waals surface area contributed by atoms with E-state index in [0.29, 0.717) is 0 Å². The second-order valence-corrected chi connectivity index (χ2v) is 6.37. The molecule has 0 atom stereocenters. The van der Waals surface area contributed by atoms with E-state index >= 15 is 0 Å². The van der Waals surface area contributed by atoms with Crippen LogP contribution in [-0.4, -0.2) is 15.8 Å². The van der Waals surface area contributed by atoms with Crippen LogP contribution in [0.3, 0.4) is 0 Å². The molecule has 4 nitrogen and oxygen atoms in total. The Labute approximate surface area is 135 Å². The number of fused-ring (bicyclic) bond motifs is 2. The molecule has 1 aliphatic rings. The van der Waals surface area contributed by atoms with Crippen molar-refractivity contribution in [2.45, 2.75) is 0 Å². The summed E-state index contributed by atoms with van der Waals surface area (Å²) < 4.78 is 1.73. The van der Waals surface area contributed by atoms with Gasteiger partial charge in [0.15, 0.2) is 0 Å². The maximum absolute atomic E-state index is 12.5. The van der Waals surface area contributed by atoms with Crippen molar-refractivity contribution in [2.75, 3.05) is 0 Å². The zero-order valence-corrected chi connectivity index (χ0v) is 12.8. The molecule has 0 aliphatic carbocycles. The molecule has 110 valence electrons. The summed E-state index contributed by atoms with van der Waals surface area (Å²) in [5, 5.41) is 2.05. The van der Waals surface area contributed by atoms with Crippen molar-refractivity contribution in [2.24, 2.45) is 4.99 Å². The lowest BCUT2D eigenvalue weighted by atomic mass is 10.1. The van der Waals surface area contributed by atoms with E-state index in [4.69, 9.17) is 4.99 Å². The summed E-state index contributed by atoms with van der Waals surface area (Å²) in [7, 11) is 0. The summed E-state index contributed by atoms with van der Waals surface area (Å²) in [6.45, 7) is 0. The van der Waals surface area contributed by atoms with Crippen LogP contribution in [0.1, 0.15) is 5.56 Å². The Bertz CT molecular complexity index is 1130. The highest BCUT2D eigenvalue weighted by Gasteiger charge is 2.19. The number of imidazole rings is 1. The normalized spacial score (nSPS) is 12.3. The number of aromatic nitrogens is 2. The highest BCUT2D eigenvalue weighted by atomic mass is 32.1. The Morgan fingerprint density at radius 3 is 2.83 bits per heavy atom. The van der Waals surface area contributed by atoms with Crippen molar-refractivity contribution in [3.63, 3.8) is 0 Å². The molecule has 0 unspecified atom stereocenters. The number of nitrogens with one attached hydrogen (secondary N) is 1. The first-order valence-electron chi connectivity index (χ1n) is 7.28. The Kier molecular flexibility index (Phi) is 2.49. The quantitative estimate of drug-likeness (QED) is 0.497. The minimum absolute atomic E-state index is 0.137. The predicted molar refractivity (Wildman–Crippen MR) is 94.5 cm³/mol. The predicted octanol–water partition coefficient (Wildman–Crippen LogP) is 4.11. The van der Waals surface area contributed by atoms with Gasteiger partial charge in [0, 0.05) is 22.2 Å². The molecule has 2 aromatic heterocycles. The van der Waals surface area contributed by atoms with E-state index in [-0.39, 0.29) is 5.69 Å². The molecule has 4 aromatic rings. The van der Waals surface area contributed by atoms with Gasteiger partial charge in [0.1, 0.15) is 0 Å². The van der Waals surface area contributed by atoms with Crippen molar-refractivity contribution >= 4 is 34.3 Å². The van der Waals surface area contributed by atoms with E-state index in [2.05, 4.69) is 11.1 Å². The summed E-state index contributed by atoms with van der Waals surface area (Å²) in [4.78, 5) is 21.3. The molecule has 3 heterocycles. The number of thiophene rings is 1. The van der Waals surface area contributed by atoms with Crippen LogP contribution >= 0.6 is 11.3 Å².